The minimum atomic E-state index is -4.24. The van der Waals surface area contributed by atoms with E-state index in [1.807, 2.05) is 0 Å². The molecule has 0 aromatic carbocycles. The fraction of sp³-hybridized carbons (Fsp3) is 0.333. The van der Waals surface area contributed by atoms with Crippen molar-refractivity contribution >= 4 is 5.84 Å². The van der Waals surface area contributed by atoms with E-state index in [-0.39, 0.29) is 17.4 Å². The molecule has 1 aromatic rings. The van der Waals surface area contributed by atoms with Crippen molar-refractivity contribution in [1.82, 2.24) is 4.98 Å². The lowest BCUT2D eigenvalue weighted by molar-refractivity contribution is -0.148. The molecule has 94 valence electrons. The number of amidine groups is 1. The number of rotatable bonds is 5. The summed E-state index contributed by atoms with van der Waals surface area (Å²) in [5.41, 5.74) is 5.13. The first-order valence-corrected chi connectivity index (χ1v) is 4.43. The molecule has 0 spiro atoms. The molecule has 3 N–H and O–H groups in total. The van der Waals surface area contributed by atoms with Gasteiger partial charge in [0.05, 0.1) is 0 Å². The van der Waals surface area contributed by atoms with Gasteiger partial charge in [0, 0.05) is 6.07 Å². The fourth-order valence-corrected chi connectivity index (χ4v) is 0.878. The average molecular weight is 251 g/mol. The summed E-state index contributed by atoms with van der Waals surface area (Å²) in [6.45, 7) is -1.49. The summed E-state index contributed by atoms with van der Waals surface area (Å²) < 4.78 is 53.1. The summed E-state index contributed by atoms with van der Waals surface area (Å²) >= 11 is 0. The number of hydrogen-bond donors (Lipinski definition) is 2. The Kier molecular flexibility index (Phi) is 3.87. The van der Waals surface area contributed by atoms with E-state index >= 15 is 0 Å². The zero-order valence-electron chi connectivity index (χ0n) is 8.46. The molecule has 0 radical (unpaired) electrons. The molecule has 4 nitrogen and oxygen atoms in total. The number of halogens is 4. The average Bonchev–Trinajstić information content (AvgIpc) is 2.26. The van der Waals surface area contributed by atoms with Gasteiger partial charge in [0.15, 0.2) is 6.61 Å². The maximum absolute atomic E-state index is 12.5. The summed E-state index contributed by atoms with van der Waals surface area (Å²) in [6, 6.07) is 3.92. The van der Waals surface area contributed by atoms with Crippen LogP contribution in [-0.2, 0) is 0 Å². The van der Waals surface area contributed by atoms with Crippen molar-refractivity contribution in [2.24, 2.45) is 5.73 Å². The van der Waals surface area contributed by atoms with E-state index in [2.05, 4.69) is 9.72 Å². The van der Waals surface area contributed by atoms with Gasteiger partial charge in [-0.25, -0.2) is 13.8 Å². The SMILES string of the molecule is N=C(N)c1cccc(OCC(F)(F)C(F)F)n1. The van der Waals surface area contributed by atoms with Crippen LogP contribution in [0.1, 0.15) is 5.69 Å². The van der Waals surface area contributed by atoms with Gasteiger partial charge in [0.2, 0.25) is 5.88 Å². The predicted octanol–water partition coefficient (Wildman–Crippen LogP) is 1.64. The normalized spacial score (nSPS) is 11.6. The van der Waals surface area contributed by atoms with E-state index in [1.165, 1.54) is 18.2 Å². The van der Waals surface area contributed by atoms with Crippen LogP contribution in [-0.4, -0.2) is 29.8 Å². The third-order valence-electron chi connectivity index (χ3n) is 1.73. The van der Waals surface area contributed by atoms with Crippen molar-refractivity contribution in [3.8, 4) is 5.88 Å². The zero-order valence-corrected chi connectivity index (χ0v) is 8.46. The molecule has 1 rings (SSSR count). The summed E-state index contributed by atoms with van der Waals surface area (Å²) in [5.74, 6) is -4.91. The van der Waals surface area contributed by atoms with Crippen LogP contribution >= 0.6 is 0 Å². The topological polar surface area (TPSA) is 72.0 Å². The van der Waals surface area contributed by atoms with Crippen LogP contribution < -0.4 is 10.5 Å². The summed E-state index contributed by atoms with van der Waals surface area (Å²) in [7, 11) is 0. The van der Waals surface area contributed by atoms with Gasteiger partial charge in [-0.1, -0.05) is 6.07 Å². The largest absolute Gasteiger partial charge is 0.471 e. The first-order valence-electron chi connectivity index (χ1n) is 4.43. The van der Waals surface area contributed by atoms with Gasteiger partial charge in [-0.2, -0.15) is 8.78 Å². The van der Waals surface area contributed by atoms with Crippen LogP contribution in [0.3, 0.4) is 0 Å². The number of aromatic nitrogens is 1. The van der Waals surface area contributed by atoms with Crippen molar-refractivity contribution in [2.45, 2.75) is 12.3 Å². The van der Waals surface area contributed by atoms with Crippen molar-refractivity contribution in [3.63, 3.8) is 0 Å². The lowest BCUT2D eigenvalue weighted by Crippen LogP contribution is -2.34. The minimum absolute atomic E-state index is 0.0165. The molecule has 1 heterocycles. The van der Waals surface area contributed by atoms with Crippen molar-refractivity contribution in [2.75, 3.05) is 6.61 Å². The molecular weight excluding hydrogens is 242 g/mol. The highest BCUT2D eigenvalue weighted by Crippen LogP contribution is 2.23. The Morgan fingerprint density at radius 3 is 2.65 bits per heavy atom. The quantitative estimate of drug-likeness (QED) is 0.474. The second kappa shape index (κ2) is 4.98. The van der Waals surface area contributed by atoms with Gasteiger partial charge in [-0.05, 0) is 6.07 Å². The van der Waals surface area contributed by atoms with Crippen LogP contribution in [0.4, 0.5) is 17.6 Å². The molecule has 0 aliphatic rings. The van der Waals surface area contributed by atoms with E-state index in [4.69, 9.17) is 11.1 Å². The maximum Gasteiger partial charge on any atom is 0.340 e. The van der Waals surface area contributed by atoms with E-state index in [9.17, 15) is 17.6 Å². The Morgan fingerprint density at radius 1 is 1.47 bits per heavy atom. The molecule has 0 aliphatic carbocycles. The molecular formula is C9H9F4N3O. The highest BCUT2D eigenvalue weighted by molar-refractivity contribution is 5.93. The van der Waals surface area contributed by atoms with Gasteiger partial charge in [0.25, 0.3) is 0 Å². The number of ether oxygens (including phenoxy) is 1. The number of hydrogen-bond acceptors (Lipinski definition) is 3. The number of nitrogens with two attached hydrogens (primary N) is 1. The fourth-order valence-electron chi connectivity index (χ4n) is 0.878. The molecule has 0 saturated carbocycles. The van der Waals surface area contributed by atoms with Gasteiger partial charge < -0.3 is 10.5 Å². The molecule has 8 heteroatoms. The molecule has 0 atom stereocenters. The summed E-state index contributed by atoms with van der Waals surface area (Å²) in [6.07, 6.45) is -3.81. The van der Waals surface area contributed by atoms with E-state index in [0.29, 0.717) is 0 Å². The van der Waals surface area contributed by atoms with E-state index in [0.717, 1.165) is 0 Å². The van der Waals surface area contributed by atoms with Gasteiger partial charge in [-0.15, -0.1) is 0 Å². The van der Waals surface area contributed by atoms with Crippen molar-refractivity contribution in [1.29, 1.82) is 5.41 Å². The lowest BCUT2D eigenvalue weighted by Gasteiger charge is -2.15. The van der Waals surface area contributed by atoms with E-state index in [1.54, 1.807) is 0 Å². The molecule has 0 unspecified atom stereocenters. The third kappa shape index (κ3) is 3.58. The second-order valence-corrected chi connectivity index (χ2v) is 3.13. The Hall–Kier alpha value is -1.86. The predicted molar refractivity (Wildman–Crippen MR) is 51.7 cm³/mol. The highest BCUT2D eigenvalue weighted by Gasteiger charge is 2.41. The number of nitrogens with one attached hydrogen (secondary N) is 1. The number of nitrogen functional groups attached to an aromatic ring is 1. The molecule has 0 aliphatic heterocycles. The Labute approximate surface area is 93.9 Å². The van der Waals surface area contributed by atoms with Crippen LogP contribution in [0.2, 0.25) is 0 Å². The summed E-state index contributed by atoms with van der Waals surface area (Å²) in [4.78, 5) is 3.58. The van der Waals surface area contributed by atoms with Crippen LogP contribution in [0.5, 0.6) is 5.88 Å². The molecule has 17 heavy (non-hydrogen) atoms. The Morgan fingerprint density at radius 2 is 2.12 bits per heavy atom. The number of nitrogens with zero attached hydrogens (tertiary/aromatic N) is 1. The standard InChI is InChI=1S/C9H9F4N3O/c10-8(11)9(12,13)4-17-6-3-1-2-5(16-6)7(14)15/h1-3,8H,4H2,(H3,14,15). The van der Waals surface area contributed by atoms with Gasteiger partial charge >= 0.3 is 12.3 Å². The third-order valence-corrected chi connectivity index (χ3v) is 1.73. The summed E-state index contributed by atoms with van der Waals surface area (Å²) in [5, 5.41) is 7.05. The minimum Gasteiger partial charge on any atom is -0.471 e. The molecule has 0 saturated heterocycles. The van der Waals surface area contributed by atoms with Crippen LogP contribution in [0.15, 0.2) is 18.2 Å². The molecule has 0 fully saturated rings. The molecule has 0 bridgehead atoms. The van der Waals surface area contributed by atoms with Crippen molar-refractivity contribution < 1.29 is 22.3 Å². The van der Waals surface area contributed by atoms with Crippen LogP contribution in [0, 0.1) is 5.41 Å². The first-order chi connectivity index (χ1) is 7.83. The molecule has 0 amide bonds. The van der Waals surface area contributed by atoms with Gasteiger partial charge in [-0.3, -0.25) is 5.41 Å². The Bertz CT molecular complexity index is 411. The monoisotopic (exact) mass is 251 g/mol. The first kappa shape index (κ1) is 13.2. The van der Waals surface area contributed by atoms with Crippen molar-refractivity contribution in [3.05, 3.63) is 23.9 Å². The van der Waals surface area contributed by atoms with Gasteiger partial charge in [0.1, 0.15) is 11.5 Å². The smallest absolute Gasteiger partial charge is 0.340 e. The van der Waals surface area contributed by atoms with E-state index < -0.39 is 19.0 Å². The molecule has 1 aromatic heterocycles. The zero-order chi connectivity index (χ0) is 13.1. The highest BCUT2D eigenvalue weighted by atomic mass is 19.3. The lowest BCUT2D eigenvalue weighted by atomic mass is 10.3. The Balaban J connectivity index is 2.70. The maximum atomic E-state index is 12.5. The number of alkyl halides is 4. The second-order valence-electron chi connectivity index (χ2n) is 3.13. The van der Waals surface area contributed by atoms with Crippen LogP contribution in [0.25, 0.3) is 0 Å². The number of pyridine rings is 1.